The van der Waals surface area contributed by atoms with Gasteiger partial charge in [0.2, 0.25) is 0 Å². The molecule has 0 atom stereocenters. The highest BCUT2D eigenvalue weighted by atomic mass is 16.3. The van der Waals surface area contributed by atoms with Crippen molar-refractivity contribution in [2.75, 3.05) is 0 Å². The van der Waals surface area contributed by atoms with Gasteiger partial charge in [0.15, 0.2) is 18.9 Å². The van der Waals surface area contributed by atoms with Crippen molar-refractivity contribution in [2.24, 2.45) is 14.1 Å². The average Bonchev–Trinajstić information content (AvgIpc) is 2.40. The molecule has 0 bridgehead atoms. The second-order valence-electron chi connectivity index (χ2n) is 4.04. The molecule has 0 fully saturated rings. The van der Waals surface area contributed by atoms with Crippen molar-refractivity contribution in [3.05, 3.63) is 57.0 Å². The zero-order valence-corrected chi connectivity index (χ0v) is 10.2. The van der Waals surface area contributed by atoms with Crippen LogP contribution in [-0.2, 0) is 20.6 Å². The van der Waals surface area contributed by atoms with Gasteiger partial charge in [0.25, 0.3) is 5.56 Å². The first-order valence-corrected chi connectivity index (χ1v) is 5.42. The molecule has 2 heterocycles. The van der Waals surface area contributed by atoms with Crippen molar-refractivity contribution < 1.29 is 9.67 Å². The summed E-state index contributed by atoms with van der Waals surface area (Å²) in [5, 5.41) is 11.9. The van der Waals surface area contributed by atoms with E-state index in [0.717, 1.165) is 9.13 Å². The molecule has 0 aromatic carbocycles. The predicted molar refractivity (Wildman–Crippen MR) is 62.1 cm³/mol. The van der Waals surface area contributed by atoms with E-state index in [-0.39, 0.29) is 12.1 Å². The van der Waals surface area contributed by atoms with Crippen molar-refractivity contribution in [3.8, 4) is 5.88 Å². The van der Waals surface area contributed by atoms with Crippen LogP contribution in [0.3, 0.4) is 0 Å². The normalized spacial score (nSPS) is 10.6. The molecule has 2 aromatic heterocycles. The summed E-state index contributed by atoms with van der Waals surface area (Å²) in [6.07, 6.45) is 3.51. The first-order chi connectivity index (χ1) is 8.52. The quantitative estimate of drug-likeness (QED) is 0.606. The van der Waals surface area contributed by atoms with Crippen LogP contribution < -0.4 is 20.9 Å². The second-order valence-corrected chi connectivity index (χ2v) is 4.04. The van der Waals surface area contributed by atoms with Gasteiger partial charge in [-0.1, -0.05) is 6.07 Å². The van der Waals surface area contributed by atoms with E-state index in [9.17, 15) is 14.7 Å². The fourth-order valence-electron chi connectivity index (χ4n) is 1.75. The first-order valence-electron chi connectivity index (χ1n) is 5.42. The summed E-state index contributed by atoms with van der Waals surface area (Å²) in [5.74, 6) is -0.542. The van der Waals surface area contributed by atoms with E-state index < -0.39 is 17.1 Å². The highest BCUT2D eigenvalue weighted by Gasteiger charge is 2.13. The van der Waals surface area contributed by atoms with Gasteiger partial charge in [-0.05, 0) is 5.88 Å². The Kier molecular flexibility index (Phi) is 3.01. The van der Waals surface area contributed by atoms with Gasteiger partial charge in [0, 0.05) is 26.2 Å². The van der Waals surface area contributed by atoms with Crippen LogP contribution in [-0.4, -0.2) is 9.13 Å². The Bertz CT molecular complexity index is 686. The van der Waals surface area contributed by atoms with Gasteiger partial charge in [-0.3, -0.25) is 9.36 Å². The number of hydrogen-bond donors (Lipinski definition) is 0. The van der Waals surface area contributed by atoms with Crippen LogP contribution >= 0.6 is 0 Å². The number of hydrogen-bond acceptors (Lipinski definition) is 3. The van der Waals surface area contributed by atoms with Crippen molar-refractivity contribution in [2.45, 2.75) is 6.54 Å². The second kappa shape index (κ2) is 4.48. The Morgan fingerprint density at radius 3 is 2.33 bits per heavy atom. The zero-order valence-electron chi connectivity index (χ0n) is 10.2. The van der Waals surface area contributed by atoms with Crippen LogP contribution in [0.5, 0.6) is 5.88 Å². The molecule has 0 radical (unpaired) electrons. The lowest BCUT2D eigenvalue weighted by atomic mass is 10.3. The Morgan fingerprint density at radius 1 is 1.11 bits per heavy atom. The molecule has 2 aromatic rings. The molecule has 0 amide bonds. The Labute approximate surface area is 103 Å². The zero-order chi connectivity index (χ0) is 13.3. The molecule has 94 valence electrons. The summed E-state index contributed by atoms with van der Waals surface area (Å²) in [4.78, 5) is 23.4. The van der Waals surface area contributed by atoms with Gasteiger partial charge in [0.05, 0.1) is 5.56 Å². The minimum atomic E-state index is -0.605. The van der Waals surface area contributed by atoms with Gasteiger partial charge in [-0.2, -0.15) is 0 Å². The van der Waals surface area contributed by atoms with E-state index in [4.69, 9.17) is 0 Å². The lowest BCUT2D eigenvalue weighted by molar-refractivity contribution is -0.689. The third kappa shape index (κ3) is 1.92. The van der Waals surface area contributed by atoms with Crippen LogP contribution in [0.1, 0.15) is 5.56 Å². The molecule has 0 aliphatic carbocycles. The summed E-state index contributed by atoms with van der Waals surface area (Å²) in [7, 11) is 2.73. The first kappa shape index (κ1) is 12.1. The van der Waals surface area contributed by atoms with Crippen molar-refractivity contribution >= 4 is 0 Å². The van der Waals surface area contributed by atoms with Crippen LogP contribution in [0.15, 0.2) is 40.2 Å². The molecule has 0 saturated heterocycles. The molecule has 2 rings (SSSR count). The summed E-state index contributed by atoms with van der Waals surface area (Å²) in [5.41, 5.74) is -1.07. The summed E-state index contributed by atoms with van der Waals surface area (Å²) in [6, 6.07) is 5.45. The SMILES string of the molecule is Cn1c([O-])c(C[n+]2ccccc2)c(=O)n(C)c1=O. The topological polar surface area (TPSA) is 70.9 Å². The molecule has 0 aliphatic heterocycles. The maximum Gasteiger partial charge on any atom is 0.329 e. The van der Waals surface area contributed by atoms with E-state index in [0.29, 0.717) is 0 Å². The maximum absolute atomic E-state index is 11.9. The largest absolute Gasteiger partial charge is 0.859 e. The van der Waals surface area contributed by atoms with E-state index in [1.165, 1.54) is 14.1 Å². The minimum absolute atomic E-state index is 0.0794. The summed E-state index contributed by atoms with van der Waals surface area (Å²) < 4.78 is 3.60. The monoisotopic (exact) mass is 247 g/mol. The molecular weight excluding hydrogens is 234 g/mol. The van der Waals surface area contributed by atoms with Crippen LogP contribution in [0.4, 0.5) is 0 Å². The van der Waals surface area contributed by atoms with E-state index in [1.54, 1.807) is 29.1 Å². The average molecular weight is 247 g/mol. The molecule has 0 unspecified atom stereocenters. The van der Waals surface area contributed by atoms with Gasteiger partial charge in [-0.25, -0.2) is 9.36 Å². The smallest absolute Gasteiger partial charge is 0.329 e. The molecule has 0 N–H and O–H groups in total. The van der Waals surface area contributed by atoms with Crippen molar-refractivity contribution in [3.63, 3.8) is 0 Å². The van der Waals surface area contributed by atoms with Crippen molar-refractivity contribution in [1.29, 1.82) is 0 Å². The number of aromatic nitrogens is 3. The molecule has 0 saturated carbocycles. The standard InChI is InChI=1S/C12H13N3O3/c1-13-10(16)9(11(17)14(2)12(13)18)8-15-6-4-3-5-7-15/h3-7H,8H2,1-2H3. The van der Waals surface area contributed by atoms with Crippen LogP contribution in [0.2, 0.25) is 0 Å². The summed E-state index contributed by atoms with van der Waals surface area (Å²) in [6.45, 7) is 0.153. The number of nitrogens with zero attached hydrogens (tertiary/aromatic N) is 3. The molecule has 0 spiro atoms. The number of rotatable bonds is 2. The van der Waals surface area contributed by atoms with E-state index in [2.05, 4.69) is 0 Å². The third-order valence-electron chi connectivity index (χ3n) is 2.82. The number of pyridine rings is 1. The van der Waals surface area contributed by atoms with Gasteiger partial charge < -0.3 is 9.67 Å². The van der Waals surface area contributed by atoms with Crippen LogP contribution in [0, 0.1) is 0 Å². The Morgan fingerprint density at radius 2 is 1.72 bits per heavy atom. The highest BCUT2D eigenvalue weighted by Crippen LogP contribution is 2.03. The van der Waals surface area contributed by atoms with Crippen molar-refractivity contribution in [1.82, 2.24) is 9.13 Å². The molecule has 18 heavy (non-hydrogen) atoms. The highest BCUT2D eigenvalue weighted by molar-refractivity contribution is 5.20. The lowest BCUT2D eigenvalue weighted by Gasteiger charge is -2.16. The van der Waals surface area contributed by atoms with Gasteiger partial charge >= 0.3 is 5.69 Å². The molecular formula is C12H13N3O3. The molecule has 6 nitrogen and oxygen atoms in total. The molecule has 0 aliphatic rings. The maximum atomic E-state index is 11.9. The van der Waals surface area contributed by atoms with Crippen LogP contribution in [0.25, 0.3) is 0 Å². The predicted octanol–water partition coefficient (Wildman–Crippen LogP) is -1.51. The summed E-state index contributed by atoms with van der Waals surface area (Å²) >= 11 is 0. The van der Waals surface area contributed by atoms with Gasteiger partial charge in [-0.15, -0.1) is 0 Å². The van der Waals surface area contributed by atoms with E-state index >= 15 is 0 Å². The molecule has 6 heteroatoms. The Hall–Kier alpha value is -2.37. The third-order valence-corrected chi connectivity index (χ3v) is 2.82. The minimum Gasteiger partial charge on any atom is -0.859 e. The van der Waals surface area contributed by atoms with Gasteiger partial charge in [0.1, 0.15) is 0 Å². The Balaban J connectivity index is 2.59. The fourth-order valence-corrected chi connectivity index (χ4v) is 1.75. The fraction of sp³-hybridized carbons (Fsp3) is 0.250. The lowest BCUT2D eigenvalue weighted by Crippen LogP contribution is -2.44. The van der Waals surface area contributed by atoms with E-state index in [1.807, 2.05) is 6.07 Å².